The molecule has 0 aliphatic heterocycles. The highest BCUT2D eigenvalue weighted by atomic mass is 16.2. The molecule has 0 aromatic heterocycles. The fraction of sp³-hybridized carbons (Fsp3) is 0.585. The summed E-state index contributed by atoms with van der Waals surface area (Å²) in [5, 5.41) is 3.19. The van der Waals surface area contributed by atoms with Crippen LogP contribution in [0.25, 0.3) is 0 Å². The molecule has 2 saturated carbocycles. The number of nitrogens with one attached hydrogen (secondary N) is 1. The van der Waals surface area contributed by atoms with Crippen LogP contribution in [0.1, 0.15) is 175 Å². The third-order valence-electron chi connectivity index (χ3n) is 10.2. The standard InChI is InChI=1S/C32H48N2O2.C12H17N3.C3H6.3C2H6/c1-4-9-25-12-14-26(15-13-25)24-33-32(36)30(20-22-34(3)21-5-2)23-31(35)29-18-16-28(17-19-29)27-10-7-6-8-11-27;1-10(13-11(2)15(3)4)14-12-8-6-5-7-9-12;1-3-2;3*1-2/h5,16-22,25-27,30H,4,6-15,23-24H2,1-3H3,(H,33,36);5-9H,1-4H3;3H,1H2,2H3;3*1-2H3/b21-5+,22-20+;;;;;. The van der Waals surface area contributed by atoms with Crippen LogP contribution in [0.5, 0.6) is 0 Å². The lowest BCUT2D eigenvalue weighted by molar-refractivity contribution is -0.123. The van der Waals surface area contributed by atoms with Gasteiger partial charge in [-0.3, -0.25) is 9.59 Å². The Morgan fingerprint density at radius 1 is 0.800 bits per heavy atom. The number of ketones is 1. The summed E-state index contributed by atoms with van der Waals surface area (Å²) in [5.41, 5.74) is 2.99. The molecule has 2 aromatic carbocycles. The maximum Gasteiger partial charge on any atom is 0.227 e. The minimum absolute atomic E-state index is 0.0313. The molecule has 60 heavy (non-hydrogen) atoms. The smallest absolute Gasteiger partial charge is 0.227 e. The Labute approximate surface area is 370 Å². The number of amidine groups is 2. The number of carbonyl (C=O) groups excluding carboxylic acids is 2. The second-order valence-corrected chi connectivity index (χ2v) is 15.1. The summed E-state index contributed by atoms with van der Waals surface area (Å²) < 4.78 is 0. The van der Waals surface area contributed by atoms with Gasteiger partial charge in [0.05, 0.1) is 11.6 Å². The summed E-state index contributed by atoms with van der Waals surface area (Å²) >= 11 is 0. The summed E-state index contributed by atoms with van der Waals surface area (Å²) in [6, 6.07) is 18.0. The molecule has 4 rings (SSSR count). The molecule has 1 amide bonds. The van der Waals surface area contributed by atoms with Gasteiger partial charge < -0.3 is 15.1 Å². The van der Waals surface area contributed by atoms with Crippen LogP contribution in [-0.2, 0) is 4.79 Å². The Kier molecular flexibility index (Phi) is 36.4. The van der Waals surface area contributed by atoms with Gasteiger partial charge in [-0.1, -0.05) is 154 Å². The summed E-state index contributed by atoms with van der Waals surface area (Å²) in [4.78, 5) is 39.0. The highest BCUT2D eigenvalue weighted by Gasteiger charge is 2.24. The monoisotopic (exact) mass is 828 g/mol. The lowest BCUT2D eigenvalue weighted by atomic mass is 9.80. The van der Waals surface area contributed by atoms with E-state index >= 15 is 0 Å². The zero-order chi connectivity index (χ0) is 45.7. The number of Topliss-reactive ketones (excluding diaryl/α,β-unsaturated/α-hetero) is 1. The Morgan fingerprint density at radius 3 is 1.87 bits per heavy atom. The molecular weight excluding hydrogens is 739 g/mol. The van der Waals surface area contributed by atoms with E-state index in [0.717, 1.165) is 29.8 Å². The highest BCUT2D eigenvalue weighted by Crippen LogP contribution is 2.33. The van der Waals surface area contributed by atoms with Crippen LogP contribution in [-0.4, -0.2) is 60.8 Å². The number of rotatable bonds is 13. The van der Waals surface area contributed by atoms with Gasteiger partial charge in [0, 0.05) is 39.7 Å². The molecule has 2 fully saturated rings. The molecule has 0 saturated heterocycles. The zero-order valence-electron chi connectivity index (χ0n) is 40.9. The Hall–Kier alpha value is -4.26. The largest absolute Gasteiger partial charge is 0.366 e. The molecule has 2 aromatic rings. The maximum absolute atomic E-state index is 13.2. The predicted molar refractivity (Wildman–Crippen MR) is 266 cm³/mol. The Balaban J connectivity index is 0. The number of aliphatic imine (C=N–C) groups is 2. The van der Waals surface area contributed by atoms with Gasteiger partial charge in [-0.25, -0.2) is 9.98 Å². The Bertz CT molecular complexity index is 1480. The molecule has 7 nitrogen and oxygen atoms in total. The van der Waals surface area contributed by atoms with Crippen molar-refractivity contribution in [3.05, 3.63) is 103 Å². The zero-order valence-corrected chi connectivity index (χ0v) is 40.9. The fourth-order valence-corrected chi connectivity index (χ4v) is 7.02. The molecule has 0 heterocycles. The second-order valence-electron chi connectivity index (χ2n) is 15.1. The number of hydrogen-bond donors (Lipinski definition) is 1. The summed E-state index contributed by atoms with van der Waals surface area (Å²) in [6.45, 7) is 26.1. The molecule has 2 aliphatic carbocycles. The van der Waals surface area contributed by atoms with Crippen LogP contribution in [0.4, 0.5) is 5.69 Å². The third-order valence-corrected chi connectivity index (χ3v) is 10.2. The predicted octanol–water partition coefficient (Wildman–Crippen LogP) is 14.6. The molecule has 338 valence electrons. The minimum atomic E-state index is -0.473. The van der Waals surface area contributed by atoms with E-state index in [0.29, 0.717) is 17.4 Å². The normalized spacial score (nSPS) is 17.0. The van der Waals surface area contributed by atoms with Gasteiger partial charge >= 0.3 is 0 Å². The summed E-state index contributed by atoms with van der Waals surface area (Å²) in [5.74, 6) is 3.29. The molecule has 0 bridgehead atoms. The SMILES string of the molecule is C/C=C/N(C)/C=C/C(CC(=O)c1ccc(C2CCCCC2)cc1)C(=O)NCC1CCC(CCC)CC1.C=CC.CC.CC.CC.CC(=Nc1ccccc1)N=C(C)N(C)C. The first-order chi connectivity index (χ1) is 29.0. The van der Waals surface area contributed by atoms with Crippen molar-refractivity contribution in [1.82, 2.24) is 15.1 Å². The molecule has 1 atom stereocenters. The Morgan fingerprint density at radius 2 is 1.35 bits per heavy atom. The van der Waals surface area contributed by atoms with Crippen molar-refractivity contribution in [1.29, 1.82) is 0 Å². The quantitative estimate of drug-likeness (QED) is 0.0944. The third kappa shape index (κ3) is 26.1. The van der Waals surface area contributed by atoms with Crippen molar-refractivity contribution in [2.75, 3.05) is 27.7 Å². The average Bonchev–Trinajstić information content (AvgIpc) is 3.28. The number of amides is 1. The summed E-state index contributed by atoms with van der Waals surface area (Å²) in [6.07, 6.45) is 23.6. The second kappa shape index (κ2) is 37.7. The van der Waals surface area contributed by atoms with E-state index in [2.05, 4.69) is 40.9 Å². The molecule has 1 unspecified atom stereocenters. The van der Waals surface area contributed by atoms with Crippen molar-refractivity contribution in [2.24, 2.45) is 27.7 Å². The van der Waals surface area contributed by atoms with Gasteiger partial charge in [0.1, 0.15) is 11.7 Å². The van der Waals surface area contributed by atoms with Crippen molar-refractivity contribution in [2.45, 2.75) is 159 Å². The van der Waals surface area contributed by atoms with Crippen LogP contribution in [0.2, 0.25) is 0 Å². The summed E-state index contributed by atoms with van der Waals surface area (Å²) in [7, 11) is 5.87. The van der Waals surface area contributed by atoms with E-state index in [1.165, 1.54) is 76.2 Å². The van der Waals surface area contributed by atoms with Gasteiger partial charge in [0.25, 0.3) is 0 Å². The van der Waals surface area contributed by atoms with Crippen LogP contribution in [0.15, 0.2) is 102 Å². The molecular formula is C53H89N5O2. The number of benzene rings is 2. The first-order valence-corrected chi connectivity index (χ1v) is 23.3. The van der Waals surface area contributed by atoms with Crippen molar-refractivity contribution in [3.63, 3.8) is 0 Å². The molecule has 0 radical (unpaired) electrons. The molecule has 7 heteroatoms. The number of hydrogen-bond acceptors (Lipinski definition) is 4. The number of carbonyl (C=O) groups is 2. The van der Waals surface area contributed by atoms with Crippen LogP contribution in [0, 0.1) is 17.8 Å². The van der Waals surface area contributed by atoms with Crippen molar-refractivity contribution in [3.8, 4) is 0 Å². The van der Waals surface area contributed by atoms with Gasteiger partial charge in [-0.05, 0) is 101 Å². The van der Waals surface area contributed by atoms with Crippen LogP contribution >= 0.6 is 0 Å². The number of nitrogens with zero attached hydrogens (tertiary/aromatic N) is 4. The van der Waals surface area contributed by atoms with E-state index in [4.69, 9.17) is 0 Å². The topological polar surface area (TPSA) is 77.4 Å². The first-order valence-electron chi connectivity index (χ1n) is 23.3. The number of para-hydroxylation sites is 1. The van der Waals surface area contributed by atoms with E-state index in [1.54, 1.807) is 6.08 Å². The highest BCUT2D eigenvalue weighted by molar-refractivity contribution is 5.99. The van der Waals surface area contributed by atoms with E-state index in [9.17, 15) is 9.59 Å². The maximum atomic E-state index is 13.2. The molecule has 1 N–H and O–H groups in total. The lowest BCUT2D eigenvalue weighted by Gasteiger charge is -2.28. The van der Waals surface area contributed by atoms with E-state index < -0.39 is 5.92 Å². The van der Waals surface area contributed by atoms with Crippen LogP contribution < -0.4 is 5.32 Å². The van der Waals surface area contributed by atoms with E-state index in [-0.39, 0.29) is 18.1 Å². The molecule has 0 spiro atoms. The average molecular weight is 828 g/mol. The first kappa shape index (κ1) is 57.8. The number of allylic oxidation sites excluding steroid dienone is 2. The van der Waals surface area contributed by atoms with E-state index in [1.807, 2.05) is 167 Å². The van der Waals surface area contributed by atoms with Crippen LogP contribution in [0.3, 0.4) is 0 Å². The lowest BCUT2D eigenvalue weighted by Crippen LogP contribution is -2.36. The van der Waals surface area contributed by atoms with Gasteiger partial charge in [-0.15, -0.1) is 6.58 Å². The van der Waals surface area contributed by atoms with Gasteiger partial charge in [0.15, 0.2) is 5.78 Å². The van der Waals surface area contributed by atoms with Crippen molar-refractivity contribution < 1.29 is 9.59 Å². The van der Waals surface area contributed by atoms with Gasteiger partial charge in [0.2, 0.25) is 5.91 Å². The fourth-order valence-electron chi connectivity index (χ4n) is 7.02. The van der Waals surface area contributed by atoms with Gasteiger partial charge in [-0.2, -0.15) is 0 Å². The molecule has 2 aliphatic rings. The van der Waals surface area contributed by atoms with Crippen molar-refractivity contribution >= 4 is 29.0 Å². The minimum Gasteiger partial charge on any atom is -0.366 e.